The molecule has 1 aromatic carbocycles. The molecule has 1 saturated heterocycles. The van der Waals surface area contributed by atoms with E-state index in [1.54, 1.807) is 24.3 Å². The lowest BCUT2D eigenvalue weighted by atomic mass is 9.94. The summed E-state index contributed by atoms with van der Waals surface area (Å²) in [6.45, 7) is 0. The Labute approximate surface area is 161 Å². The summed E-state index contributed by atoms with van der Waals surface area (Å²) in [5.74, 6) is -0.323. The average Bonchev–Trinajstić information content (AvgIpc) is 3.32. The summed E-state index contributed by atoms with van der Waals surface area (Å²) in [5, 5.41) is 12.9. The van der Waals surface area contributed by atoms with Crippen LogP contribution in [-0.4, -0.2) is 45.0 Å². The van der Waals surface area contributed by atoms with Gasteiger partial charge in [-0.25, -0.2) is 4.79 Å². The van der Waals surface area contributed by atoms with Crippen LogP contribution in [0.1, 0.15) is 38.5 Å². The Bertz CT molecular complexity index is 876. The molecule has 4 rings (SSSR count). The molecular formula is C19H21N5O4. The molecule has 2 fully saturated rings. The number of imide groups is 1. The van der Waals surface area contributed by atoms with Gasteiger partial charge in [-0.2, -0.15) is 0 Å². The summed E-state index contributed by atoms with van der Waals surface area (Å²) >= 11 is 0. The SMILES string of the molecule is O=C(CC1NC(=O)N(C2CCCCC2)C1=O)Nc1cccc(-c2nnco2)c1. The highest BCUT2D eigenvalue weighted by atomic mass is 16.4. The first kappa shape index (κ1) is 18.1. The smallest absolute Gasteiger partial charge is 0.325 e. The standard InChI is InChI=1S/C19H21N5O4/c25-16(21-13-6-4-5-12(9-13)17-23-20-11-28-17)10-15-18(26)24(19(27)22-15)14-7-2-1-3-8-14/h4-6,9,11,14-15H,1-3,7-8,10H2,(H,21,25)(H,22,27). The zero-order valence-corrected chi connectivity index (χ0v) is 15.3. The van der Waals surface area contributed by atoms with Gasteiger partial charge in [0.1, 0.15) is 6.04 Å². The number of hydrogen-bond donors (Lipinski definition) is 2. The van der Waals surface area contributed by atoms with Crippen LogP contribution in [0.3, 0.4) is 0 Å². The third-order valence-corrected chi connectivity index (χ3v) is 5.13. The van der Waals surface area contributed by atoms with Crippen LogP contribution in [0.2, 0.25) is 0 Å². The molecule has 1 aliphatic heterocycles. The number of carbonyl (C=O) groups is 3. The molecule has 1 aromatic heterocycles. The van der Waals surface area contributed by atoms with E-state index in [4.69, 9.17) is 4.42 Å². The zero-order chi connectivity index (χ0) is 19.5. The summed E-state index contributed by atoms with van der Waals surface area (Å²) in [4.78, 5) is 38.6. The summed E-state index contributed by atoms with van der Waals surface area (Å²) < 4.78 is 5.15. The molecule has 2 aromatic rings. The Morgan fingerprint density at radius 2 is 2.07 bits per heavy atom. The maximum absolute atomic E-state index is 12.6. The Morgan fingerprint density at radius 1 is 1.25 bits per heavy atom. The van der Waals surface area contributed by atoms with Gasteiger partial charge in [-0.1, -0.05) is 25.3 Å². The van der Waals surface area contributed by atoms with E-state index in [-0.39, 0.29) is 24.3 Å². The topological polar surface area (TPSA) is 117 Å². The third-order valence-electron chi connectivity index (χ3n) is 5.13. The first-order valence-electron chi connectivity index (χ1n) is 9.42. The fourth-order valence-electron chi connectivity index (χ4n) is 3.80. The van der Waals surface area contributed by atoms with E-state index >= 15 is 0 Å². The first-order chi connectivity index (χ1) is 13.6. The normalized spacial score (nSPS) is 20.3. The molecule has 0 radical (unpaired) electrons. The van der Waals surface area contributed by atoms with Crippen LogP contribution in [0.5, 0.6) is 0 Å². The number of rotatable bonds is 5. The van der Waals surface area contributed by atoms with Gasteiger partial charge >= 0.3 is 6.03 Å². The van der Waals surface area contributed by atoms with Gasteiger partial charge in [0, 0.05) is 17.3 Å². The molecule has 2 N–H and O–H groups in total. The highest BCUT2D eigenvalue weighted by molar-refractivity contribution is 6.07. The predicted molar refractivity (Wildman–Crippen MR) is 99.0 cm³/mol. The van der Waals surface area contributed by atoms with Crippen molar-refractivity contribution in [1.82, 2.24) is 20.4 Å². The van der Waals surface area contributed by atoms with Crippen LogP contribution < -0.4 is 10.6 Å². The molecule has 1 atom stereocenters. The maximum atomic E-state index is 12.6. The van der Waals surface area contributed by atoms with E-state index in [1.807, 2.05) is 0 Å². The lowest BCUT2D eigenvalue weighted by molar-refractivity contribution is -0.131. The van der Waals surface area contributed by atoms with Crippen molar-refractivity contribution < 1.29 is 18.8 Å². The molecule has 146 valence electrons. The highest BCUT2D eigenvalue weighted by Gasteiger charge is 2.42. The van der Waals surface area contributed by atoms with Crippen molar-refractivity contribution in [2.45, 2.75) is 50.6 Å². The summed E-state index contributed by atoms with van der Waals surface area (Å²) in [6.07, 6.45) is 5.95. The van der Waals surface area contributed by atoms with Crippen LogP contribution in [-0.2, 0) is 9.59 Å². The summed E-state index contributed by atoms with van der Waals surface area (Å²) in [7, 11) is 0. The quantitative estimate of drug-likeness (QED) is 0.765. The van der Waals surface area contributed by atoms with Crippen molar-refractivity contribution in [3.05, 3.63) is 30.7 Å². The van der Waals surface area contributed by atoms with Crippen LogP contribution in [0.4, 0.5) is 10.5 Å². The van der Waals surface area contributed by atoms with Crippen LogP contribution in [0.15, 0.2) is 35.1 Å². The van der Waals surface area contributed by atoms with Gasteiger partial charge in [0.2, 0.25) is 18.2 Å². The Hall–Kier alpha value is -3.23. The monoisotopic (exact) mass is 383 g/mol. The van der Waals surface area contributed by atoms with Crippen molar-refractivity contribution >= 4 is 23.5 Å². The minimum Gasteiger partial charge on any atom is -0.423 e. The molecule has 9 nitrogen and oxygen atoms in total. The lowest BCUT2D eigenvalue weighted by Gasteiger charge is -2.28. The van der Waals surface area contributed by atoms with E-state index in [0.29, 0.717) is 17.1 Å². The highest BCUT2D eigenvalue weighted by Crippen LogP contribution is 2.26. The fraction of sp³-hybridized carbons (Fsp3) is 0.421. The Morgan fingerprint density at radius 3 is 2.82 bits per heavy atom. The van der Waals surface area contributed by atoms with E-state index in [1.165, 1.54) is 11.3 Å². The number of hydrogen-bond acceptors (Lipinski definition) is 6. The van der Waals surface area contributed by atoms with Gasteiger partial charge in [-0.15, -0.1) is 10.2 Å². The van der Waals surface area contributed by atoms with Gasteiger partial charge in [0.25, 0.3) is 5.91 Å². The maximum Gasteiger partial charge on any atom is 0.325 e. The second kappa shape index (κ2) is 7.79. The molecule has 0 bridgehead atoms. The number of nitrogens with zero attached hydrogens (tertiary/aromatic N) is 3. The number of amides is 4. The van der Waals surface area contributed by atoms with Crippen molar-refractivity contribution in [1.29, 1.82) is 0 Å². The van der Waals surface area contributed by atoms with Gasteiger partial charge in [-0.05, 0) is 31.0 Å². The molecule has 28 heavy (non-hydrogen) atoms. The van der Waals surface area contributed by atoms with Crippen molar-refractivity contribution in [3.8, 4) is 11.5 Å². The minimum atomic E-state index is -0.825. The van der Waals surface area contributed by atoms with E-state index < -0.39 is 12.1 Å². The molecule has 0 spiro atoms. The minimum absolute atomic E-state index is 0.0552. The number of anilines is 1. The average molecular weight is 383 g/mol. The van der Waals surface area contributed by atoms with Crippen LogP contribution >= 0.6 is 0 Å². The molecule has 1 saturated carbocycles. The van der Waals surface area contributed by atoms with Crippen LogP contribution in [0.25, 0.3) is 11.5 Å². The molecular weight excluding hydrogens is 362 g/mol. The van der Waals surface area contributed by atoms with E-state index in [0.717, 1.165) is 32.1 Å². The number of aromatic nitrogens is 2. The largest absolute Gasteiger partial charge is 0.423 e. The van der Waals surface area contributed by atoms with Crippen molar-refractivity contribution in [2.75, 3.05) is 5.32 Å². The lowest BCUT2D eigenvalue weighted by Crippen LogP contribution is -2.42. The molecule has 1 aliphatic carbocycles. The van der Waals surface area contributed by atoms with Crippen LogP contribution in [0, 0.1) is 0 Å². The fourth-order valence-corrected chi connectivity index (χ4v) is 3.80. The van der Waals surface area contributed by atoms with Gasteiger partial charge in [-0.3, -0.25) is 14.5 Å². The third kappa shape index (κ3) is 3.73. The summed E-state index contributed by atoms with van der Waals surface area (Å²) in [6, 6.07) is 5.69. The van der Waals surface area contributed by atoms with Gasteiger partial charge < -0.3 is 15.1 Å². The molecule has 9 heteroatoms. The molecule has 4 amide bonds. The zero-order valence-electron chi connectivity index (χ0n) is 15.3. The van der Waals surface area contributed by atoms with Gasteiger partial charge in [0.15, 0.2) is 0 Å². The van der Waals surface area contributed by atoms with E-state index in [2.05, 4.69) is 20.8 Å². The number of carbonyl (C=O) groups excluding carboxylic acids is 3. The Balaban J connectivity index is 1.38. The Kier molecular flexibility index (Phi) is 5.05. The first-order valence-corrected chi connectivity index (χ1v) is 9.42. The number of nitrogens with one attached hydrogen (secondary N) is 2. The molecule has 2 aliphatic rings. The predicted octanol–water partition coefficient (Wildman–Crippen LogP) is 2.32. The van der Waals surface area contributed by atoms with Crippen molar-refractivity contribution in [2.24, 2.45) is 0 Å². The summed E-state index contributed by atoms with van der Waals surface area (Å²) in [5.41, 5.74) is 1.21. The number of urea groups is 1. The van der Waals surface area contributed by atoms with E-state index in [9.17, 15) is 14.4 Å². The molecule has 2 heterocycles. The second-order valence-electron chi connectivity index (χ2n) is 7.08. The molecule has 1 unspecified atom stereocenters. The van der Waals surface area contributed by atoms with Crippen molar-refractivity contribution in [3.63, 3.8) is 0 Å². The second-order valence-corrected chi connectivity index (χ2v) is 7.08. The van der Waals surface area contributed by atoms with Gasteiger partial charge in [0.05, 0.1) is 6.42 Å². The number of benzene rings is 1.